The molecular weight excluding hydrogens is 632 g/mol. The Morgan fingerprint density at radius 2 is 1.95 bits per heavy atom. The maximum atomic E-state index is 14.4. The first-order valence-electron chi connectivity index (χ1n) is 13.6. The maximum Gasteiger partial charge on any atom is 0.259 e. The number of carbonyl (C=O) groups is 1. The lowest BCUT2D eigenvalue weighted by atomic mass is 9.91. The van der Waals surface area contributed by atoms with E-state index >= 15 is 0 Å². The molecule has 1 saturated heterocycles. The summed E-state index contributed by atoms with van der Waals surface area (Å²) < 4.78 is 42.0. The first-order chi connectivity index (χ1) is 20.6. The Morgan fingerprint density at radius 3 is 2.56 bits per heavy atom. The van der Waals surface area contributed by atoms with E-state index in [1.54, 1.807) is 12.1 Å². The number of halogens is 3. The molecule has 43 heavy (non-hydrogen) atoms. The van der Waals surface area contributed by atoms with Crippen LogP contribution in [0.3, 0.4) is 0 Å². The third kappa shape index (κ3) is 5.93. The highest BCUT2D eigenvalue weighted by atomic mass is 79.9. The highest BCUT2D eigenvalue weighted by Crippen LogP contribution is 2.37. The molecule has 2 aliphatic rings. The second-order valence-corrected chi connectivity index (χ2v) is 11.6. The first-order valence-corrected chi connectivity index (χ1v) is 14.4. The fraction of sp³-hybridized carbons (Fsp3) is 0.448. The van der Waals surface area contributed by atoms with Crippen LogP contribution in [0.1, 0.15) is 36.4 Å². The summed E-state index contributed by atoms with van der Waals surface area (Å²) in [7, 11) is 1.32. The number of benzene rings is 2. The van der Waals surface area contributed by atoms with Gasteiger partial charge in [-0.15, -0.1) is 5.10 Å². The predicted molar refractivity (Wildman–Crippen MR) is 152 cm³/mol. The Labute approximate surface area is 254 Å². The van der Waals surface area contributed by atoms with Gasteiger partial charge in [-0.1, -0.05) is 21.1 Å². The number of nitriles is 1. The van der Waals surface area contributed by atoms with Crippen molar-refractivity contribution in [3.63, 3.8) is 0 Å². The molecule has 3 aromatic rings. The summed E-state index contributed by atoms with van der Waals surface area (Å²) in [6.07, 6.45) is -3.15. The third-order valence-corrected chi connectivity index (χ3v) is 8.54. The molecular formula is C29H30BrF2N5O6. The molecule has 1 aliphatic carbocycles. The Kier molecular flexibility index (Phi) is 9.21. The number of aliphatic hydroxyl groups excluding tert-OH is 3. The van der Waals surface area contributed by atoms with E-state index in [0.29, 0.717) is 29.4 Å². The van der Waals surface area contributed by atoms with Gasteiger partial charge in [-0.05, 0) is 56.5 Å². The van der Waals surface area contributed by atoms with Gasteiger partial charge >= 0.3 is 0 Å². The number of ether oxygens (including phenoxy) is 2. The van der Waals surface area contributed by atoms with Gasteiger partial charge in [-0.2, -0.15) is 5.26 Å². The molecule has 1 amide bonds. The van der Waals surface area contributed by atoms with E-state index in [4.69, 9.17) is 9.47 Å². The molecule has 0 unspecified atom stereocenters. The Balaban J connectivity index is 1.55. The molecule has 228 valence electrons. The summed E-state index contributed by atoms with van der Waals surface area (Å²) in [6.45, 7) is 0.650. The lowest BCUT2D eigenvalue weighted by Crippen LogP contribution is -2.62. The number of amides is 1. The number of nitrogens with zero attached hydrogens (tertiary/aromatic N) is 5. The van der Waals surface area contributed by atoms with E-state index in [1.165, 1.54) is 35.9 Å². The van der Waals surface area contributed by atoms with Gasteiger partial charge in [0.05, 0.1) is 36.6 Å². The average molecular weight is 662 g/mol. The van der Waals surface area contributed by atoms with Gasteiger partial charge in [0.25, 0.3) is 5.91 Å². The van der Waals surface area contributed by atoms with Crippen molar-refractivity contribution in [2.24, 2.45) is 0 Å². The van der Waals surface area contributed by atoms with Crippen LogP contribution in [-0.2, 0) is 14.3 Å². The largest absolute Gasteiger partial charge is 0.394 e. The molecule has 2 aromatic carbocycles. The van der Waals surface area contributed by atoms with Crippen molar-refractivity contribution in [1.82, 2.24) is 15.0 Å². The van der Waals surface area contributed by atoms with Gasteiger partial charge in [-0.3, -0.25) is 4.79 Å². The van der Waals surface area contributed by atoms with Crippen LogP contribution in [0.25, 0.3) is 11.3 Å². The summed E-state index contributed by atoms with van der Waals surface area (Å²) in [5, 5.41) is 49.8. The summed E-state index contributed by atoms with van der Waals surface area (Å²) in [4.78, 5) is 15.8. The lowest BCUT2D eigenvalue weighted by Gasteiger charge is -2.45. The van der Waals surface area contributed by atoms with Crippen molar-refractivity contribution < 1.29 is 38.4 Å². The fourth-order valence-electron chi connectivity index (χ4n) is 5.83. The molecule has 1 saturated carbocycles. The van der Waals surface area contributed by atoms with Crippen LogP contribution >= 0.6 is 15.9 Å². The van der Waals surface area contributed by atoms with Crippen molar-refractivity contribution >= 4 is 27.5 Å². The lowest BCUT2D eigenvalue weighted by molar-refractivity contribution is -0.211. The number of aromatic nitrogens is 3. The average Bonchev–Trinajstić information content (AvgIpc) is 3.64. The quantitative estimate of drug-likeness (QED) is 0.347. The minimum absolute atomic E-state index is 0.101. The second kappa shape index (κ2) is 12.7. The van der Waals surface area contributed by atoms with Gasteiger partial charge in [0.15, 0.2) is 6.10 Å². The predicted octanol–water partition coefficient (Wildman–Crippen LogP) is 2.79. The highest BCUT2D eigenvalue weighted by molar-refractivity contribution is 9.10. The van der Waals surface area contributed by atoms with Crippen molar-refractivity contribution in [2.75, 3.05) is 18.6 Å². The minimum Gasteiger partial charge on any atom is -0.394 e. The minimum atomic E-state index is -1.43. The number of carbonyl (C=O) groups excluding carboxylic acids is 1. The monoisotopic (exact) mass is 661 g/mol. The van der Waals surface area contributed by atoms with Crippen LogP contribution in [0.4, 0.5) is 14.5 Å². The standard InChI is InChI=1S/C29H30BrF2N5O6/c1-14-19(31)8-16(9-20(14)32)21-12-36(35-34-21)25-26(40)24(13-38)43-28(27(25)42-2)29(41)37(22-4-3-5-23(22)39)18-7-15(11-33)6-17(30)10-18/h6-10,12,22-28,38-40H,3-5,13H2,1-2H3/t22-,23-,24+,25-,26-,27+,28+/m0/s1. The summed E-state index contributed by atoms with van der Waals surface area (Å²) in [5.74, 6) is -2.16. The zero-order valence-corrected chi connectivity index (χ0v) is 24.9. The van der Waals surface area contributed by atoms with Crippen LogP contribution in [0.2, 0.25) is 0 Å². The summed E-state index contributed by atoms with van der Waals surface area (Å²) >= 11 is 3.38. The molecule has 11 nitrogen and oxygen atoms in total. The van der Waals surface area contributed by atoms with Crippen LogP contribution in [-0.4, -0.2) is 86.5 Å². The van der Waals surface area contributed by atoms with Crippen molar-refractivity contribution in [2.45, 2.75) is 68.8 Å². The number of methoxy groups -OCH3 is 1. The molecule has 7 atom stereocenters. The highest BCUT2D eigenvalue weighted by Gasteiger charge is 2.52. The molecule has 2 heterocycles. The van der Waals surface area contributed by atoms with Crippen LogP contribution in [0.5, 0.6) is 0 Å². The zero-order chi connectivity index (χ0) is 31.0. The third-order valence-electron chi connectivity index (χ3n) is 8.08. The van der Waals surface area contributed by atoms with Gasteiger partial charge in [0.2, 0.25) is 0 Å². The molecule has 0 spiro atoms. The SMILES string of the molecule is CO[C@@H]1[C@@H](n2cc(-c3cc(F)c(C)c(F)c3)nn2)[C@@H](O)[C@@H](CO)O[C@H]1C(=O)N(c1cc(Br)cc(C#N)c1)[C@H]1CCC[C@@H]1O. The molecule has 5 rings (SSSR count). The summed E-state index contributed by atoms with van der Waals surface area (Å²) in [5.41, 5.74) is 0.687. The molecule has 0 radical (unpaired) electrons. The maximum absolute atomic E-state index is 14.4. The van der Waals surface area contributed by atoms with Crippen LogP contribution in [0.15, 0.2) is 41.0 Å². The Morgan fingerprint density at radius 1 is 1.23 bits per heavy atom. The van der Waals surface area contributed by atoms with Gasteiger partial charge in [-0.25, -0.2) is 13.5 Å². The van der Waals surface area contributed by atoms with Crippen molar-refractivity contribution in [3.8, 4) is 17.3 Å². The van der Waals surface area contributed by atoms with E-state index in [2.05, 4.69) is 32.3 Å². The molecule has 14 heteroatoms. The number of hydrogen-bond donors (Lipinski definition) is 3. The number of rotatable bonds is 7. The summed E-state index contributed by atoms with van der Waals surface area (Å²) in [6, 6.07) is 7.28. The van der Waals surface area contributed by atoms with Gasteiger partial charge < -0.3 is 29.7 Å². The van der Waals surface area contributed by atoms with Crippen LogP contribution in [0, 0.1) is 29.9 Å². The Bertz CT molecular complexity index is 1530. The van der Waals surface area contributed by atoms with E-state index in [0.717, 1.165) is 12.1 Å². The van der Waals surface area contributed by atoms with E-state index in [1.807, 2.05) is 0 Å². The van der Waals surface area contributed by atoms with Crippen molar-refractivity contribution in [1.29, 1.82) is 5.26 Å². The number of anilines is 1. The fourth-order valence-corrected chi connectivity index (χ4v) is 6.31. The van der Waals surface area contributed by atoms with Gasteiger partial charge in [0, 0.05) is 28.4 Å². The van der Waals surface area contributed by atoms with E-state index in [9.17, 15) is 34.2 Å². The number of aliphatic hydroxyl groups is 3. The molecule has 2 fully saturated rings. The molecule has 3 N–H and O–H groups in total. The zero-order valence-electron chi connectivity index (χ0n) is 23.3. The smallest absolute Gasteiger partial charge is 0.259 e. The first kappa shape index (κ1) is 31.1. The molecule has 1 aliphatic heterocycles. The van der Waals surface area contributed by atoms with Crippen LogP contribution < -0.4 is 4.90 Å². The molecule has 1 aromatic heterocycles. The van der Waals surface area contributed by atoms with Gasteiger partial charge in [0.1, 0.15) is 41.7 Å². The van der Waals surface area contributed by atoms with Crippen molar-refractivity contribution in [3.05, 3.63) is 63.8 Å². The van der Waals surface area contributed by atoms with E-state index < -0.39 is 66.8 Å². The molecule has 0 bridgehead atoms. The van der Waals surface area contributed by atoms with E-state index in [-0.39, 0.29) is 22.4 Å². The topological polar surface area (TPSA) is 154 Å². The second-order valence-electron chi connectivity index (χ2n) is 10.7. The normalized spacial score (nSPS) is 27.2. The Hall–Kier alpha value is -3.32. The number of hydrogen-bond acceptors (Lipinski definition) is 9.